The number of amides is 1. The average molecular weight is 363 g/mol. The van der Waals surface area contributed by atoms with Crippen molar-refractivity contribution in [3.8, 4) is 17.0 Å². The third-order valence-electron chi connectivity index (χ3n) is 4.10. The second-order valence-electron chi connectivity index (χ2n) is 5.80. The van der Waals surface area contributed by atoms with Gasteiger partial charge in [-0.05, 0) is 17.7 Å². The first-order valence-corrected chi connectivity index (χ1v) is 9.06. The number of aromatic nitrogens is 2. The fourth-order valence-corrected chi connectivity index (χ4v) is 3.59. The van der Waals surface area contributed by atoms with Gasteiger partial charge in [0.05, 0.1) is 12.8 Å². The van der Waals surface area contributed by atoms with Gasteiger partial charge in [0, 0.05) is 23.7 Å². The van der Waals surface area contributed by atoms with Gasteiger partial charge in [0.25, 0.3) is 5.91 Å². The van der Waals surface area contributed by atoms with Crippen LogP contribution in [0.2, 0.25) is 0 Å². The number of carbonyl (C=O) groups excluding carboxylic acids is 1. The number of nitrogens with zero attached hydrogens (tertiary/aromatic N) is 2. The zero-order valence-electron chi connectivity index (χ0n) is 14.2. The summed E-state index contributed by atoms with van der Waals surface area (Å²) in [6, 6.07) is 17.6. The van der Waals surface area contributed by atoms with Gasteiger partial charge in [-0.15, -0.1) is 11.3 Å². The third-order valence-corrected chi connectivity index (χ3v) is 4.94. The zero-order chi connectivity index (χ0) is 17.9. The Kier molecular flexibility index (Phi) is 4.41. The van der Waals surface area contributed by atoms with Gasteiger partial charge in [-0.2, -0.15) is 0 Å². The van der Waals surface area contributed by atoms with Gasteiger partial charge in [-0.3, -0.25) is 9.20 Å². The van der Waals surface area contributed by atoms with E-state index in [2.05, 4.69) is 10.3 Å². The molecule has 26 heavy (non-hydrogen) atoms. The molecule has 0 radical (unpaired) electrons. The molecule has 2 heterocycles. The largest absolute Gasteiger partial charge is 0.497 e. The van der Waals surface area contributed by atoms with Gasteiger partial charge >= 0.3 is 0 Å². The Morgan fingerprint density at radius 3 is 2.85 bits per heavy atom. The molecular weight excluding hydrogens is 346 g/mol. The van der Waals surface area contributed by atoms with Crippen molar-refractivity contribution >= 4 is 22.2 Å². The van der Waals surface area contributed by atoms with Crippen LogP contribution >= 0.6 is 11.3 Å². The van der Waals surface area contributed by atoms with E-state index in [1.807, 2.05) is 70.6 Å². The lowest BCUT2D eigenvalue weighted by molar-refractivity contribution is 0.0945. The molecular formula is C20H17N3O2S. The summed E-state index contributed by atoms with van der Waals surface area (Å²) in [6.45, 7) is 0.494. The predicted octanol–water partition coefficient (Wildman–Crippen LogP) is 4.00. The van der Waals surface area contributed by atoms with Crippen LogP contribution in [0.4, 0.5) is 0 Å². The van der Waals surface area contributed by atoms with Gasteiger partial charge in [-0.25, -0.2) is 4.98 Å². The number of methoxy groups -OCH3 is 1. The van der Waals surface area contributed by atoms with Crippen molar-refractivity contribution in [1.29, 1.82) is 0 Å². The van der Waals surface area contributed by atoms with Gasteiger partial charge in [-0.1, -0.05) is 42.5 Å². The molecule has 0 bridgehead atoms. The molecule has 2 aromatic carbocycles. The molecule has 0 aliphatic heterocycles. The first kappa shape index (κ1) is 16.4. The molecule has 0 spiro atoms. The molecule has 4 rings (SSSR count). The fourth-order valence-electron chi connectivity index (χ4n) is 2.74. The monoisotopic (exact) mass is 363 g/mol. The highest BCUT2D eigenvalue weighted by molar-refractivity contribution is 7.15. The molecule has 6 heteroatoms. The number of carbonyl (C=O) groups is 1. The summed E-state index contributed by atoms with van der Waals surface area (Å²) in [7, 11) is 1.64. The van der Waals surface area contributed by atoms with E-state index in [0.717, 1.165) is 27.5 Å². The number of hydrogen-bond acceptors (Lipinski definition) is 4. The van der Waals surface area contributed by atoms with Crippen LogP contribution in [0, 0.1) is 0 Å². The first-order valence-electron chi connectivity index (χ1n) is 8.18. The van der Waals surface area contributed by atoms with Gasteiger partial charge in [0.15, 0.2) is 4.96 Å². The number of thiazole rings is 1. The molecule has 0 aliphatic carbocycles. The Hall–Kier alpha value is -3.12. The minimum atomic E-state index is -0.116. The van der Waals surface area contributed by atoms with Crippen molar-refractivity contribution in [3.05, 3.63) is 77.4 Å². The highest BCUT2D eigenvalue weighted by Gasteiger charge is 2.15. The lowest BCUT2D eigenvalue weighted by Crippen LogP contribution is -2.23. The smallest absolute Gasteiger partial charge is 0.269 e. The number of imidazole rings is 1. The Balaban J connectivity index is 1.58. The predicted molar refractivity (Wildman–Crippen MR) is 103 cm³/mol. The number of fused-ring (bicyclic) bond motifs is 1. The number of ether oxygens (including phenoxy) is 1. The summed E-state index contributed by atoms with van der Waals surface area (Å²) in [6.07, 6.45) is 1.89. The Bertz CT molecular complexity index is 1050. The standard InChI is InChI=1S/C20H17N3O2S/c1-25-16-9-5-8-15(10-16)17-12-23-18(13-26-20(23)22-17)19(24)21-11-14-6-3-2-4-7-14/h2-10,12-13H,11H2,1H3,(H,21,24). The van der Waals surface area contributed by atoms with Crippen molar-refractivity contribution in [2.24, 2.45) is 0 Å². The second-order valence-corrected chi connectivity index (χ2v) is 6.64. The van der Waals surface area contributed by atoms with Crippen molar-refractivity contribution in [1.82, 2.24) is 14.7 Å². The highest BCUT2D eigenvalue weighted by atomic mass is 32.1. The van der Waals surface area contributed by atoms with Crippen molar-refractivity contribution < 1.29 is 9.53 Å². The molecule has 0 fully saturated rings. The van der Waals surface area contributed by atoms with E-state index in [9.17, 15) is 4.79 Å². The van der Waals surface area contributed by atoms with Crippen LogP contribution in [0.5, 0.6) is 5.75 Å². The van der Waals surface area contributed by atoms with Gasteiger partial charge < -0.3 is 10.1 Å². The van der Waals surface area contributed by atoms with E-state index < -0.39 is 0 Å². The Morgan fingerprint density at radius 2 is 2.04 bits per heavy atom. The van der Waals surface area contributed by atoms with Crippen LogP contribution in [-0.4, -0.2) is 22.4 Å². The van der Waals surface area contributed by atoms with Gasteiger partial charge in [0.1, 0.15) is 11.4 Å². The maximum absolute atomic E-state index is 12.6. The second kappa shape index (κ2) is 7.01. The average Bonchev–Trinajstić information content (AvgIpc) is 3.28. The van der Waals surface area contributed by atoms with Crippen LogP contribution in [0.15, 0.2) is 66.2 Å². The van der Waals surface area contributed by atoms with Crippen molar-refractivity contribution in [2.45, 2.75) is 6.54 Å². The molecule has 4 aromatic rings. The van der Waals surface area contributed by atoms with Crippen LogP contribution in [-0.2, 0) is 6.54 Å². The van der Waals surface area contributed by atoms with E-state index in [1.54, 1.807) is 7.11 Å². The third kappa shape index (κ3) is 3.19. The van der Waals surface area contributed by atoms with Gasteiger partial charge in [0.2, 0.25) is 0 Å². The van der Waals surface area contributed by atoms with E-state index in [4.69, 9.17) is 4.74 Å². The summed E-state index contributed by atoms with van der Waals surface area (Å²) in [5.41, 5.74) is 3.42. The summed E-state index contributed by atoms with van der Waals surface area (Å²) in [5, 5.41) is 4.79. The molecule has 0 saturated carbocycles. The van der Waals surface area contributed by atoms with Crippen LogP contribution in [0.1, 0.15) is 16.1 Å². The molecule has 1 amide bonds. The molecule has 0 atom stereocenters. The van der Waals surface area contributed by atoms with Crippen molar-refractivity contribution in [2.75, 3.05) is 7.11 Å². The number of rotatable bonds is 5. The molecule has 2 aromatic heterocycles. The summed E-state index contributed by atoms with van der Waals surface area (Å²) in [4.78, 5) is 18.0. The fraction of sp³-hybridized carbons (Fsp3) is 0.100. The maximum Gasteiger partial charge on any atom is 0.269 e. The molecule has 5 nitrogen and oxygen atoms in total. The first-order chi connectivity index (χ1) is 12.7. The number of benzene rings is 2. The molecule has 0 saturated heterocycles. The molecule has 0 unspecified atom stereocenters. The minimum Gasteiger partial charge on any atom is -0.497 e. The molecule has 130 valence electrons. The minimum absolute atomic E-state index is 0.116. The SMILES string of the molecule is COc1cccc(-c2cn3c(C(=O)NCc4ccccc4)csc3n2)c1. The number of hydrogen-bond donors (Lipinski definition) is 1. The van der Waals surface area contributed by atoms with Crippen LogP contribution in [0.3, 0.4) is 0 Å². The maximum atomic E-state index is 12.6. The zero-order valence-corrected chi connectivity index (χ0v) is 15.0. The summed E-state index contributed by atoms with van der Waals surface area (Å²) in [5.74, 6) is 0.661. The normalized spacial score (nSPS) is 10.8. The molecule has 1 N–H and O–H groups in total. The summed E-state index contributed by atoms with van der Waals surface area (Å²) >= 11 is 1.45. The highest BCUT2D eigenvalue weighted by Crippen LogP contribution is 2.26. The quantitative estimate of drug-likeness (QED) is 0.583. The molecule has 0 aliphatic rings. The lowest BCUT2D eigenvalue weighted by atomic mass is 10.1. The van der Waals surface area contributed by atoms with E-state index in [-0.39, 0.29) is 5.91 Å². The van der Waals surface area contributed by atoms with E-state index >= 15 is 0 Å². The van der Waals surface area contributed by atoms with Crippen molar-refractivity contribution in [3.63, 3.8) is 0 Å². The van der Waals surface area contributed by atoms with Crippen LogP contribution in [0.25, 0.3) is 16.2 Å². The topological polar surface area (TPSA) is 55.6 Å². The number of nitrogens with one attached hydrogen (secondary N) is 1. The summed E-state index contributed by atoms with van der Waals surface area (Å²) < 4.78 is 7.10. The van der Waals surface area contributed by atoms with E-state index in [1.165, 1.54) is 11.3 Å². The van der Waals surface area contributed by atoms with Crippen LogP contribution < -0.4 is 10.1 Å². The Morgan fingerprint density at radius 1 is 1.19 bits per heavy atom. The Labute approximate surface area is 154 Å². The lowest BCUT2D eigenvalue weighted by Gasteiger charge is -2.04. The van der Waals surface area contributed by atoms with E-state index in [0.29, 0.717) is 12.2 Å².